The number of fused-ring (bicyclic) bond motifs is 1. The molecule has 3 rings (SSSR count). The number of nitrogens with one attached hydrogen (secondary N) is 1. The zero-order chi connectivity index (χ0) is 16.8. The lowest BCUT2D eigenvalue weighted by Gasteiger charge is -2.00. The Morgan fingerprint density at radius 1 is 1.38 bits per heavy atom. The SMILES string of the molecule is C/C(=N/OCC(=O)N/N=C/c1ccc2c(c1)OCO2)c1cccs1. The Labute approximate surface area is 142 Å². The van der Waals surface area contributed by atoms with Gasteiger partial charge in [0.25, 0.3) is 5.91 Å². The maximum Gasteiger partial charge on any atom is 0.280 e. The van der Waals surface area contributed by atoms with E-state index in [9.17, 15) is 4.79 Å². The summed E-state index contributed by atoms with van der Waals surface area (Å²) in [6.07, 6.45) is 1.51. The number of carbonyl (C=O) groups is 1. The van der Waals surface area contributed by atoms with Gasteiger partial charge in [-0.25, -0.2) is 5.43 Å². The van der Waals surface area contributed by atoms with Crippen LogP contribution in [-0.2, 0) is 9.63 Å². The van der Waals surface area contributed by atoms with E-state index in [1.165, 1.54) is 6.21 Å². The lowest BCUT2D eigenvalue weighted by atomic mass is 10.2. The highest BCUT2D eigenvalue weighted by Crippen LogP contribution is 2.31. The Morgan fingerprint density at radius 2 is 2.25 bits per heavy atom. The highest BCUT2D eigenvalue weighted by atomic mass is 32.1. The molecular weight excluding hydrogens is 330 g/mol. The van der Waals surface area contributed by atoms with Crippen molar-refractivity contribution in [2.45, 2.75) is 6.92 Å². The molecule has 1 aliphatic heterocycles. The molecule has 1 aliphatic rings. The third-order valence-corrected chi connectivity index (χ3v) is 4.05. The highest BCUT2D eigenvalue weighted by Gasteiger charge is 2.12. The summed E-state index contributed by atoms with van der Waals surface area (Å²) in [6.45, 7) is 1.83. The average Bonchev–Trinajstić information content (AvgIpc) is 3.26. The molecule has 7 nitrogen and oxygen atoms in total. The van der Waals surface area contributed by atoms with Crippen molar-refractivity contribution in [2.75, 3.05) is 13.4 Å². The molecule has 0 bridgehead atoms. The van der Waals surface area contributed by atoms with Gasteiger partial charge in [0.15, 0.2) is 18.1 Å². The average molecular weight is 345 g/mol. The van der Waals surface area contributed by atoms with Gasteiger partial charge < -0.3 is 14.3 Å². The predicted molar refractivity (Wildman–Crippen MR) is 90.8 cm³/mol. The molecule has 0 unspecified atom stereocenters. The Hall–Kier alpha value is -2.87. The van der Waals surface area contributed by atoms with Crippen molar-refractivity contribution in [3.8, 4) is 11.5 Å². The van der Waals surface area contributed by atoms with E-state index < -0.39 is 5.91 Å². The molecule has 1 aromatic carbocycles. The minimum absolute atomic E-state index is 0.207. The van der Waals surface area contributed by atoms with Crippen LogP contribution in [0.3, 0.4) is 0 Å². The second kappa shape index (κ2) is 7.60. The molecule has 0 fully saturated rings. The van der Waals surface area contributed by atoms with Gasteiger partial charge in [-0.3, -0.25) is 4.79 Å². The lowest BCUT2D eigenvalue weighted by Crippen LogP contribution is -2.22. The third kappa shape index (κ3) is 4.11. The fourth-order valence-corrected chi connectivity index (χ4v) is 2.59. The number of hydrogen-bond donors (Lipinski definition) is 1. The Kier molecular flexibility index (Phi) is 5.07. The Bertz CT molecular complexity index is 772. The first-order valence-corrected chi connectivity index (χ1v) is 8.02. The van der Waals surface area contributed by atoms with E-state index >= 15 is 0 Å². The minimum atomic E-state index is -0.394. The number of nitrogens with zero attached hydrogens (tertiary/aromatic N) is 2. The lowest BCUT2D eigenvalue weighted by molar-refractivity contribution is -0.125. The standard InChI is InChI=1S/C16H15N3O4S/c1-11(15-3-2-6-24-15)19-23-9-16(20)18-17-8-12-4-5-13-14(7-12)22-10-21-13/h2-8H,9-10H2,1H3,(H,18,20)/b17-8+,19-11-. The number of oxime groups is 1. The summed E-state index contributed by atoms with van der Waals surface area (Å²) in [5.41, 5.74) is 3.88. The summed E-state index contributed by atoms with van der Waals surface area (Å²) in [6, 6.07) is 9.24. The number of carbonyl (C=O) groups excluding carboxylic acids is 1. The smallest absolute Gasteiger partial charge is 0.280 e. The summed E-state index contributed by atoms with van der Waals surface area (Å²) in [7, 11) is 0. The minimum Gasteiger partial charge on any atom is -0.454 e. The quantitative estimate of drug-likeness (QED) is 0.644. The topological polar surface area (TPSA) is 81.5 Å². The van der Waals surface area contributed by atoms with Crippen molar-refractivity contribution in [1.29, 1.82) is 0 Å². The van der Waals surface area contributed by atoms with E-state index in [0.717, 1.165) is 16.2 Å². The van der Waals surface area contributed by atoms with Crippen LogP contribution >= 0.6 is 11.3 Å². The van der Waals surface area contributed by atoms with E-state index in [1.54, 1.807) is 23.5 Å². The molecule has 2 heterocycles. The van der Waals surface area contributed by atoms with E-state index in [0.29, 0.717) is 11.5 Å². The number of benzene rings is 1. The summed E-state index contributed by atoms with van der Waals surface area (Å²) in [5.74, 6) is 0.963. The fourth-order valence-electron chi connectivity index (χ4n) is 1.92. The van der Waals surface area contributed by atoms with Crippen molar-refractivity contribution in [3.05, 3.63) is 46.2 Å². The molecule has 1 N–H and O–H groups in total. The molecule has 124 valence electrons. The van der Waals surface area contributed by atoms with Gasteiger partial charge in [-0.05, 0) is 42.1 Å². The molecule has 1 aromatic heterocycles. The van der Waals surface area contributed by atoms with Crippen molar-refractivity contribution in [2.24, 2.45) is 10.3 Å². The second-order valence-electron chi connectivity index (χ2n) is 4.83. The number of ether oxygens (including phenoxy) is 2. The summed E-state index contributed by atoms with van der Waals surface area (Å²) in [5, 5.41) is 9.71. The Morgan fingerprint density at radius 3 is 3.08 bits per heavy atom. The maximum absolute atomic E-state index is 11.6. The van der Waals surface area contributed by atoms with Gasteiger partial charge >= 0.3 is 0 Å². The fraction of sp³-hybridized carbons (Fsp3) is 0.188. The van der Waals surface area contributed by atoms with Crippen molar-refractivity contribution >= 4 is 29.2 Å². The third-order valence-electron chi connectivity index (χ3n) is 3.07. The number of amides is 1. The second-order valence-corrected chi connectivity index (χ2v) is 5.78. The molecule has 2 aromatic rings. The van der Waals surface area contributed by atoms with E-state index in [-0.39, 0.29) is 13.4 Å². The van der Waals surface area contributed by atoms with E-state index in [1.807, 2.05) is 30.5 Å². The molecule has 0 radical (unpaired) electrons. The van der Waals surface area contributed by atoms with Crippen LogP contribution < -0.4 is 14.9 Å². The molecule has 8 heteroatoms. The molecule has 0 spiro atoms. The zero-order valence-corrected chi connectivity index (χ0v) is 13.7. The van der Waals surface area contributed by atoms with E-state index in [2.05, 4.69) is 15.7 Å². The van der Waals surface area contributed by atoms with Crippen LogP contribution in [0.5, 0.6) is 11.5 Å². The largest absolute Gasteiger partial charge is 0.454 e. The molecule has 24 heavy (non-hydrogen) atoms. The van der Waals surface area contributed by atoms with Gasteiger partial charge in [-0.15, -0.1) is 11.3 Å². The summed E-state index contributed by atoms with van der Waals surface area (Å²) < 4.78 is 10.5. The molecule has 0 saturated heterocycles. The molecule has 0 atom stereocenters. The van der Waals surface area contributed by atoms with Crippen LogP contribution in [0.4, 0.5) is 0 Å². The molecule has 1 amide bonds. The van der Waals surface area contributed by atoms with Gasteiger partial charge in [0.1, 0.15) is 0 Å². The van der Waals surface area contributed by atoms with Gasteiger partial charge in [-0.2, -0.15) is 5.10 Å². The Balaban J connectivity index is 1.44. The number of rotatable bonds is 6. The van der Waals surface area contributed by atoms with Crippen LogP contribution in [0, 0.1) is 0 Å². The molecular formula is C16H15N3O4S. The van der Waals surface area contributed by atoms with Gasteiger partial charge in [0.05, 0.1) is 16.8 Å². The van der Waals surface area contributed by atoms with Crippen LogP contribution in [0.25, 0.3) is 0 Å². The molecule has 0 aliphatic carbocycles. The normalized spacial score (nSPS) is 13.3. The van der Waals surface area contributed by atoms with Crippen molar-refractivity contribution in [1.82, 2.24) is 5.43 Å². The summed E-state index contributed by atoms with van der Waals surface area (Å²) >= 11 is 1.56. The van der Waals surface area contributed by atoms with Crippen LogP contribution in [-0.4, -0.2) is 31.2 Å². The summed E-state index contributed by atoms with van der Waals surface area (Å²) in [4.78, 5) is 17.6. The maximum atomic E-state index is 11.6. The predicted octanol–water partition coefficient (Wildman–Crippen LogP) is 2.37. The van der Waals surface area contributed by atoms with Gasteiger partial charge in [0, 0.05) is 0 Å². The van der Waals surface area contributed by atoms with Crippen LogP contribution in [0.1, 0.15) is 17.4 Å². The van der Waals surface area contributed by atoms with Gasteiger partial charge in [-0.1, -0.05) is 11.2 Å². The van der Waals surface area contributed by atoms with Crippen LogP contribution in [0.2, 0.25) is 0 Å². The van der Waals surface area contributed by atoms with Crippen molar-refractivity contribution in [3.63, 3.8) is 0 Å². The first kappa shape index (κ1) is 16.0. The van der Waals surface area contributed by atoms with E-state index in [4.69, 9.17) is 14.3 Å². The number of thiophene rings is 1. The van der Waals surface area contributed by atoms with Gasteiger partial charge in [0.2, 0.25) is 6.79 Å². The van der Waals surface area contributed by atoms with Crippen molar-refractivity contribution < 1.29 is 19.1 Å². The number of hydrazone groups is 1. The number of hydrogen-bond acceptors (Lipinski definition) is 7. The van der Waals surface area contributed by atoms with Crippen LogP contribution in [0.15, 0.2) is 46.0 Å². The first-order chi connectivity index (χ1) is 11.7. The highest BCUT2D eigenvalue weighted by molar-refractivity contribution is 7.12. The first-order valence-electron chi connectivity index (χ1n) is 7.14. The molecule has 0 saturated carbocycles. The monoisotopic (exact) mass is 345 g/mol. The zero-order valence-electron chi connectivity index (χ0n) is 12.9.